The van der Waals surface area contributed by atoms with E-state index in [4.69, 9.17) is 0 Å². The van der Waals surface area contributed by atoms with Crippen molar-refractivity contribution in [3.63, 3.8) is 0 Å². The van der Waals surface area contributed by atoms with Gasteiger partial charge in [-0.2, -0.15) is 11.8 Å². The van der Waals surface area contributed by atoms with E-state index in [2.05, 4.69) is 41.5 Å². The number of carbonyl (C=O) groups excluding carboxylic acids is 1. The number of thioether (sulfide) groups is 1. The molecular weight excluding hydrogens is 300 g/mol. The Hall–Kier alpha value is -1.33. The molecule has 0 unspecified atom stereocenters. The first-order valence-corrected chi connectivity index (χ1v) is 9.34. The number of rotatable bonds is 7. The van der Waals surface area contributed by atoms with Gasteiger partial charge >= 0.3 is 0 Å². The van der Waals surface area contributed by atoms with Gasteiger partial charge in [0.25, 0.3) is 0 Å². The zero-order valence-corrected chi connectivity index (χ0v) is 14.0. The molecule has 1 N–H and O–H groups in total. The van der Waals surface area contributed by atoms with Crippen molar-refractivity contribution in [1.82, 2.24) is 4.98 Å². The fourth-order valence-corrected chi connectivity index (χ4v) is 3.04. The van der Waals surface area contributed by atoms with Gasteiger partial charge in [0.2, 0.25) is 5.91 Å². The normalized spacial score (nSPS) is 10.6. The minimum atomic E-state index is -0.00156. The number of hydrogen-bond acceptors (Lipinski definition) is 4. The molecule has 0 aliphatic carbocycles. The van der Waals surface area contributed by atoms with Gasteiger partial charge in [0, 0.05) is 10.9 Å². The minimum Gasteiger partial charge on any atom is -0.301 e. The van der Waals surface area contributed by atoms with Crippen LogP contribution in [0.25, 0.3) is 11.3 Å². The van der Waals surface area contributed by atoms with Crippen molar-refractivity contribution in [2.24, 2.45) is 0 Å². The molecular formula is C16H20N2OS2. The van der Waals surface area contributed by atoms with Crippen LogP contribution < -0.4 is 5.32 Å². The summed E-state index contributed by atoms with van der Waals surface area (Å²) in [5, 5.41) is 5.47. The molecule has 0 aliphatic heterocycles. The van der Waals surface area contributed by atoms with E-state index in [1.807, 2.05) is 11.6 Å². The summed E-state index contributed by atoms with van der Waals surface area (Å²) in [4.78, 5) is 16.0. The molecule has 2 rings (SSSR count). The highest BCUT2D eigenvalue weighted by molar-refractivity contribution is 7.99. The SMILES string of the molecule is CCCCc1ccc(-c2csc(NC(=O)CSC)n2)cc1. The second-order valence-corrected chi connectivity index (χ2v) is 6.54. The minimum absolute atomic E-state index is 0.00156. The lowest BCUT2D eigenvalue weighted by Gasteiger charge is -2.02. The maximum absolute atomic E-state index is 11.5. The van der Waals surface area contributed by atoms with Gasteiger partial charge in [-0.05, 0) is 24.7 Å². The summed E-state index contributed by atoms with van der Waals surface area (Å²) < 4.78 is 0. The van der Waals surface area contributed by atoms with Gasteiger partial charge in [0.05, 0.1) is 11.4 Å². The van der Waals surface area contributed by atoms with E-state index >= 15 is 0 Å². The van der Waals surface area contributed by atoms with E-state index in [0.29, 0.717) is 10.9 Å². The number of anilines is 1. The Balaban J connectivity index is 2.01. The number of carbonyl (C=O) groups is 1. The van der Waals surface area contributed by atoms with Gasteiger partial charge < -0.3 is 5.32 Å². The number of nitrogens with zero attached hydrogens (tertiary/aromatic N) is 1. The summed E-state index contributed by atoms with van der Waals surface area (Å²) in [7, 11) is 0. The van der Waals surface area contributed by atoms with Gasteiger partial charge in [-0.25, -0.2) is 4.98 Å². The van der Waals surface area contributed by atoms with Gasteiger partial charge in [-0.1, -0.05) is 37.6 Å². The average Bonchev–Trinajstić information content (AvgIpc) is 2.94. The van der Waals surface area contributed by atoms with Gasteiger partial charge in [-0.15, -0.1) is 11.3 Å². The molecule has 0 atom stereocenters. The zero-order chi connectivity index (χ0) is 15.1. The summed E-state index contributed by atoms with van der Waals surface area (Å²) in [6.07, 6.45) is 5.48. The number of nitrogens with one attached hydrogen (secondary N) is 1. The highest BCUT2D eigenvalue weighted by Crippen LogP contribution is 2.25. The monoisotopic (exact) mass is 320 g/mol. The molecule has 1 aromatic heterocycles. The first-order chi connectivity index (χ1) is 10.2. The molecule has 21 heavy (non-hydrogen) atoms. The number of unbranched alkanes of at least 4 members (excludes halogenated alkanes) is 1. The Morgan fingerprint density at radius 1 is 1.33 bits per heavy atom. The van der Waals surface area contributed by atoms with Crippen molar-refractivity contribution < 1.29 is 4.79 Å². The number of aryl methyl sites for hydroxylation is 1. The molecule has 0 saturated carbocycles. The lowest BCUT2D eigenvalue weighted by atomic mass is 10.1. The first kappa shape index (κ1) is 16.0. The Morgan fingerprint density at radius 3 is 2.76 bits per heavy atom. The molecule has 0 saturated heterocycles. The van der Waals surface area contributed by atoms with Crippen LogP contribution in [0.4, 0.5) is 5.13 Å². The molecule has 0 spiro atoms. The second-order valence-electron chi connectivity index (χ2n) is 4.82. The highest BCUT2D eigenvalue weighted by atomic mass is 32.2. The van der Waals surface area contributed by atoms with E-state index in [0.717, 1.165) is 17.7 Å². The zero-order valence-electron chi connectivity index (χ0n) is 12.4. The third-order valence-corrected chi connectivity index (χ3v) is 4.40. The molecule has 5 heteroatoms. The summed E-state index contributed by atoms with van der Waals surface area (Å²) in [6, 6.07) is 8.54. The lowest BCUT2D eigenvalue weighted by molar-refractivity contribution is -0.113. The van der Waals surface area contributed by atoms with Gasteiger partial charge in [-0.3, -0.25) is 4.79 Å². The number of benzene rings is 1. The standard InChI is InChI=1S/C16H20N2OS2/c1-3-4-5-12-6-8-13(9-7-12)14-10-21-16(17-14)18-15(19)11-20-2/h6-10H,3-5,11H2,1-2H3,(H,17,18,19). The molecule has 1 heterocycles. The van der Waals surface area contributed by atoms with Crippen molar-refractivity contribution in [3.8, 4) is 11.3 Å². The van der Waals surface area contributed by atoms with Crippen LogP contribution in [0.2, 0.25) is 0 Å². The Morgan fingerprint density at radius 2 is 2.10 bits per heavy atom. The van der Waals surface area contributed by atoms with Crippen LogP contribution in [0.5, 0.6) is 0 Å². The second kappa shape index (κ2) is 8.20. The van der Waals surface area contributed by atoms with E-state index in [1.54, 1.807) is 0 Å². The van der Waals surface area contributed by atoms with Crippen LogP contribution in [0.1, 0.15) is 25.3 Å². The maximum atomic E-state index is 11.5. The largest absolute Gasteiger partial charge is 0.301 e. The smallest absolute Gasteiger partial charge is 0.236 e. The molecule has 112 valence electrons. The van der Waals surface area contributed by atoms with E-state index < -0.39 is 0 Å². The van der Waals surface area contributed by atoms with Crippen molar-refractivity contribution >= 4 is 34.1 Å². The summed E-state index contributed by atoms with van der Waals surface area (Å²) >= 11 is 2.97. The molecule has 1 aromatic carbocycles. The topological polar surface area (TPSA) is 42.0 Å². The molecule has 1 amide bonds. The molecule has 3 nitrogen and oxygen atoms in total. The van der Waals surface area contributed by atoms with Crippen LogP contribution in [0.3, 0.4) is 0 Å². The third kappa shape index (κ3) is 4.86. The van der Waals surface area contributed by atoms with E-state index in [1.165, 1.54) is 41.5 Å². The summed E-state index contributed by atoms with van der Waals surface area (Å²) in [5.74, 6) is 0.458. The van der Waals surface area contributed by atoms with Crippen LogP contribution in [-0.2, 0) is 11.2 Å². The number of amides is 1. The molecule has 0 bridgehead atoms. The van der Waals surface area contributed by atoms with Crippen molar-refractivity contribution in [1.29, 1.82) is 0 Å². The predicted octanol–water partition coefficient (Wildman–Crippen LogP) is 4.45. The van der Waals surface area contributed by atoms with Crippen molar-refractivity contribution in [2.45, 2.75) is 26.2 Å². The van der Waals surface area contributed by atoms with Crippen LogP contribution in [-0.4, -0.2) is 22.9 Å². The molecule has 2 aromatic rings. The van der Waals surface area contributed by atoms with Crippen LogP contribution in [0, 0.1) is 0 Å². The highest BCUT2D eigenvalue weighted by Gasteiger charge is 2.07. The Labute approximate surface area is 134 Å². The quantitative estimate of drug-likeness (QED) is 0.819. The molecule has 0 radical (unpaired) electrons. The van der Waals surface area contributed by atoms with E-state index in [-0.39, 0.29) is 5.91 Å². The van der Waals surface area contributed by atoms with Gasteiger partial charge in [0.15, 0.2) is 5.13 Å². The number of hydrogen-bond donors (Lipinski definition) is 1. The lowest BCUT2D eigenvalue weighted by Crippen LogP contribution is -2.13. The number of aromatic nitrogens is 1. The summed E-state index contributed by atoms with van der Waals surface area (Å²) in [6.45, 7) is 2.20. The number of thiazole rings is 1. The maximum Gasteiger partial charge on any atom is 0.236 e. The average molecular weight is 320 g/mol. The Bertz CT molecular complexity index is 578. The third-order valence-electron chi connectivity index (χ3n) is 3.09. The summed E-state index contributed by atoms with van der Waals surface area (Å²) in [5.41, 5.74) is 3.38. The van der Waals surface area contributed by atoms with Crippen molar-refractivity contribution in [3.05, 3.63) is 35.2 Å². The van der Waals surface area contributed by atoms with E-state index in [9.17, 15) is 4.79 Å². The fraction of sp³-hybridized carbons (Fsp3) is 0.375. The molecule has 0 aliphatic rings. The molecule has 0 fully saturated rings. The fourth-order valence-electron chi connectivity index (χ4n) is 1.97. The van der Waals surface area contributed by atoms with Gasteiger partial charge in [0.1, 0.15) is 0 Å². The Kier molecular flexibility index (Phi) is 6.26. The first-order valence-electron chi connectivity index (χ1n) is 7.06. The van der Waals surface area contributed by atoms with Crippen LogP contribution >= 0.6 is 23.1 Å². The van der Waals surface area contributed by atoms with Crippen molar-refractivity contribution in [2.75, 3.05) is 17.3 Å². The van der Waals surface area contributed by atoms with Crippen LogP contribution in [0.15, 0.2) is 29.6 Å². The predicted molar refractivity (Wildman–Crippen MR) is 93.2 cm³/mol.